The Morgan fingerprint density at radius 2 is 1.45 bits per heavy atom. The smallest absolute Gasteiger partial charge is 0.262 e. The first-order valence-corrected chi connectivity index (χ1v) is 10.9. The number of carbonyl (C=O) groups excluding carboxylic acids is 3. The second-order valence-electron chi connectivity index (χ2n) is 6.76. The van der Waals surface area contributed by atoms with Crippen molar-refractivity contribution in [2.24, 2.45) is 0 Å². The molecule has 0 aliphatic rings. The fraction of sp³-hybridized carbons (Fsp3) is 0.0833. The summed E-state index contributed by atoms with van der Waals surface area (Å²) in [7, 11) is 0. The van der Waals surface area contributed by atoms with Gasteiger partial charge in [-0.25, -0.2) is 0 Å². The molecule has 0 saturated carbocycles. The third-order valence-corrected chi connectivity index (χ3v) is 5.04. The summed E-state index contributed by atoms with van der Waals surface area (Å²) in [5.74, 6) is -1.09. The normalized spacial score (nSPS) is 9.94. The molecule has 3 aromatic carbocycles. The maximum absolute atomic E-state index is 12.6. The summed E-state index contributed by atoms with van der Waals surface area (Å²) in [5, 5.41) is 16.7. The molecule has 33 heavy (non-hydrogen) atoms. The van der Waals surface area contributed by atoms with Gasteiger partial charge >= 0.3 is 0 Å². The van der Waals surface area contributed by atoms with Crippen LogP contribution in [-0.4, -0.2) is 30.9 Å². The van der Waals surface area contributed by atoms with Crippen LogP contribution in [-0.2, 0) is 9.59 Å². The summed E-state index contributed by atoms with van der Waals surface area (Å²) >= 11 is 2.17. The Labute approximate surface area is 204 Å². The van der Waals surface area contributed by atoms with Crippen LogP contribution in [0.2, 0.25) is 0 Å². The zero-order valence-electron chi connectivity index (χ0n) is 17.3. The molecular weight excluding hydrogens is 535 g/mol. The maximum atomic E-state index is 12.6. The van der Waals surface area contributed by atoms with Crippen molar-refractivity contribution in [3.8, 4) is 11.8 Å². The van der Waals surface area contributed by atoms with Crippen molar-refractivity contribution in [2.75, 3.05) is 23.8 Å². The average Bonchev–Trinajstić information content (AvgIpc) is 2.83. The van der Waals surface area contributed by atoms with E-state index in [-0.39, 0.29) is 30.4 Å². The Balaban J connectivity index is 1.52. The molecule has 0 aliphatic heterocycles. The highest BCUT2D eigenvalue weighted by molar-refractivity contribution is 14.1. The van der Waals surface area contributed by atoms with Gasteiger partial charge in [-0.2, -0.15) is 5.26 Å². The number of carbonyl (C=O) groups is 3. The van der Waals surface area contributed by atoms with Crippen molar-refractivity contribution >= 4 is 51.7 Å². The first-order chi connectivity index (χ1) is 15.9. The Hall–Kier alpha value is -3.91. The minimum atomic E-state index is -0.515. The van der Waals surface area contributed by atoms with E-state index >= 15 is 0 Å². The monoisotopic (exact) mass is 554 g/mol. The third-order valence-electron chi connectivity index (χ3n) is 4.33. The van der Waals surface area contributed by atoms with Crippen LogP contribution >= 0.6 is 22.6 Å². The minimum Gasteiger partial charge on any atom is -0.483 e. The van der Waals surface area contributed by atoms with Gasteiger partial charge in [0.05, 0.1) is 23.7 Å². The summed E-state index contributed by atoms with van der Waals surface area (Å²) in [6.45, 7) is -0.546. The lowest BCUT2D eigenvalue weighted by Crippen LogP contribution is -2.33. The molecule has 0 unspecified atom stereocenters. The number of nitrogens with one attached hydrogen (secondary N) is 3. The second-order valence-corrected chi connectivity index (χ2v) is 8.01. The number of hydrogen-bond donors (Lipinski definition) is 3. The van der Waals surface area contributed by atoms with E-state index in [0.29, 0.717) is 16.9 Å². The highest BCUT2D eigenvalue weighted by atomic mass is 127. The highest BCUT2D eigenvalue weighted by Crippen LogP contribution is 2.18. The van der Waals surface area contributed by atoms with Crippen molar-refractivity contribution < 1.29 is 19.1 Å². The zero-order chi connectivity index (χ0) is 23.6. The van der Waals surface area contributed by atoms with Gasteiger partial charge in [-0.1, -0.05) is 12.1 Å². The molecule has 9 heteroatoms. The molecular formula is C24H19IN4O4. The van der Waals surface area contributed by atoms with Gasteiger partial charge in [-0.3, -0.25) is 14.4 Å². The van der Waals surface area contributed by atoms with Gasteiger partial charge in [0.25, 0.3) is 11.8 Å². The van der Waals surface area contributed by atoms with Crippen LogP contribution in [0, 0.1) is 14.9 Å². The molecule has 0 radical (unpaired) electrons. The predicted molar refractivity (Wildman–Crippen MR) is 132 cm³/mol. The van der Waals surface area contributed by atoms with E-state index < -0.39 is 11.8 Å². The molecule has 0 atom stereocenters. The van der Waals surface area contributed by atoms with E-state index in [0.717, 1.165) is 3.57 Å². The fourth-order valence-electron chi connectivity index (χ4n) is 2.74. The van der Waals surface area contributed by atoms with Crippen LogP contribution in [0.3, 0.4) is 0 Å². The van der Waals surface area contributed by atoms with Crippen molar-refractivity contribution in [2.45, 2.75) is 0 Å². The van der Waals surface area contributed by atoms with Crippen LogP contribution in [0.15, 0.2) is 72.8 Å². The van der Waals surface area contributed by atoms with Gasteiger partial charge in [0.2, 0.25) is 5.91 Å². The first kappa shape index (κ1) is 23.7. The van der Waals surface area contributed by atoms with Crippen molar-refractivity contribution in [1.82, 2.24) is 5.32 Å². The quantitative estimate of drug-likeness (QED) is 0.368. The van der Waals surface area contributed by atoms with E-state index in [9.17, 15) is 14.4 Å². The lowest BCUT2D eigenvalue weighted by Gasteiger charge is -2.12. The maximum Gasteiger partial charge on any atom is 0.262 e. The number of halogens is 1. The molecule has 8 nitrogen and oxygen atoms in total. The Morgan fingerprint density at radius 1 is 0.848 bits per heavy atom. The highest BCUT2D eigenvalue weighted by Gasteiger charge is 2.14. The van der Waals surface area contributed by atoms with E-state index in [1.807, 2.05) is 18.2 Å². The molecule has 3 rings (SSSR count). The molecule has 0 spiro atoms. The Bertz CT molecular complexity index is 1190. The third kappa shape index (κ3) is 7.33. The van der Waals surface area contributed by atoms with Gasteiger partial charge in [0.1, 0.15) is 5.75 Å². The van der Waals surface area contributed by atoms with E-state index in [1.54, 1.807) is 60.7 Å². The Kier molecular flexibility index (Phi) is 8.37. The van der Waals surface area contributed by atoms with Crippen LogP contribution in [0.1, 0.15) is 15.9 Å². The summed E-state index contributed by atoms with van der Waals surface area (Å²) < 4.78 is 6.59. The summed E-state index contributed by atoms with van der Waals surface area (Å²) in [4.78, 5) is 36.9. The number of benzene rings is 3. The van der Waals surface area contributed by atoms with Crippen LogP contribution in [0.5, 0.6) is 5.75 Å². The standard InChI is InChI=1S/C24H19IN4O4/c25-17-7-11-19(12-8-17)29-23(31)15-33-21-4-2-1-3-20(21)24(32)27-14-22(30)28-18-9-5-16(13-26)6-10-18/h1-12H,14-15H2,(H,27,32)(H,28,30)(H,29,31). The molecule has 0 aromatic heterocycles. The number of nitriles is 1. The number of rotatable bonds is 8. The summed E-state index contributed by atoms with van der Waals surface area (Å²) in [6.07, 6.45) is 0. The average molecular weight is 554 g/mol. The molecule has 0 aliphatic carbocycles. The van der Waals surface area contributed by atoms with Gasteiger partial charge in [0, 0.05) is 14.9 Å². The molecule has 166 valence electrons. The van der Waals surface area contributed by atoms with Crippen molar-refractivity contribution in [1.29, 1.82) is 5.26 Å². The topological polar surface area (TPSA) is 120 Å². The molecule has 0 fully saturated rings. The molecule has 0 saturated heterocycles. The van der Waals surface area contributed by atoms with Crippen LogP contribution < -0.4 is 20.7 Å². The van der Waals surface area contributed by atoms with Gasteiger partial charge in [-0.15, -0.1) is 0 Å². The summed E-state index contributed by atoms with van der Waals surface area (Å²) in [6, 6.07) is 22.1. The van der Waals surface area contributed by atoms with Crippen LogP contribution in [0.25, 0.3) is 0 Å². The SMILES string of the molecule is N#Cc1ccc(NC(=O)CNC(=O)c2ccccc2OCC(=O)Nc2ccc(I)cc2)cc1. The number of nitrogens with zero attached hydrogens (tertiary/aromatic N) is 1. The molecule has 0 bridgehead atoms. The second kappa shape index (κ2) is 11.6. The number of amides is 3. The van der Waals surface area contributed by atoms with Gasteiger partial charge in [-0.05, 0) is 83.3 Å². The van der Waals surface area contributed by atoms with Crippen molar-refractivity contribution in [3.05, 3.63) is 87.5 Å². The zero-order valence-corrected chi connectivity index (χ0v) is 19.5. The van der Waals surface area contributed by atoms with Gasteiger partial charge < -0.3 is 20.7 Å². The first-order valence-electron chi connectivity index (χ1n) is 9.80. The summed E-state index contributed by atoms with van der Waals surface area (Å²) in [5.41, 5.74) is 1.83. The molecule has 3 N–H and O–H groups in total. The number of hydrogen-bond acceptors (Lipinski definition) is 5. The van der Waals surface area contributed by atoms with Crippen LogP contribution in [0.4, 0.5) is 11.4 Å². The molecule has 3 aromatic rings. The van der Waals surface area contributed by atoms with E-state index in [1.165, 1.54) is 0 Å². The number of anilines is 2. The van der Waals surface area contributed by atoms with E-state index in [4.69, 9.17) is 10.00 Å². The van der Waals surface area contributed by atoms with Crippen molar-refractivity contribution in [3.63, 3.8) is 0 Å². The lowest BCUT2D eigenvalue weighted by molar-refractivity contribution is -0.118. The number of ether oxygens (including phenoxy) is 1. The van der Waals surface area contributed by atoms with Gasteiger partial charge in [0.15, 0.2) is 6.61 Å². The Morgan fingerprint density at radius 3 is 2.12 bits per heavy atom. The lowest BCUT2D eigenvalue weighted by atomic mass is 10.2. The number of para-hydroxylation sites is 1. The van der Waals surface area contributed by atoms with E-state index in [2.05, 4.69) is 38.5 Å². The molecule has 3 amide bonds. The fourth-order valence-corrected chi connectivity index (χ4v) is 3.10. The minimum absolute atomic E-state index is 0.200. The molecule has 0 heterocycles. The predicted octanol–water partition coefficient (Wildman–Crippen LogP) is 3.55. The largest absolute Gasteiger partial charge is 0.483 e.